The summed E-state index contributed by atoms with van der Waals surface area (Å²) in [6.07, 6.45) is -0.0335. The van der Waals surface area contributed by atoms with Crippen LogP contribution in [0.5, 0.6) is 11.5 Å². The Morgan fingerprint density at radius 2 is 1.84 bits per heavy atom. The molecule has 0 aliphatic carbocycles. The third kappa shape index (κ3) is 6.03. The van der Waals surface area contributed by atoms with Gasteiger partial charge in [-0.15, -0.1) is 0 Å². The van der Waals surface area contributed by atoms with E-state index in [1.807, 2.05) is 31.2 Å². The topological polar surface area (TPSA) is 54.9 Å². The molecule has 0 saturated heterocycles. The van der Waals surface area contributed by atoms with Crippen LogP contribution >= 0.6 is 0 Å². The first kappa shape index (κ1) is 18.6. The summed E-state index contributed by atoms with van der Waals surface area (Å²) < 4.78 is 11.2. The maximum Gasteiger partial charge on any atom is 0.191 e. The third-order valence-corrected chi connectivity index (χ3v) is 3.72. The van der Waals surface area contributed by atoms with Crippen LogP contribution < -0.4 is 20.1 Å². The molecular formula is C20H27N3O2. The van der Waals surface area contributed by atoms with Gasteiger partial charge < -0.3 is 20.1 Å². The number of methoxy groups -OCH3 is 1. The number of nitrogens with zero attached hydrogens (tertiary/aromatic N) is 1. The lowest BCUT2D eigenvalue weighted by Crippen LogP contribution is -2.41. The first-order valence-electron chi connectivity index (χ1n) is 8.42. The van der Waals surface area contributed by atoms with Gasteiger partial charge in [0, 0.05) is 13.6 Å². The number of ether oxygens (including phenoxy) is 2. The van der Waals surface area contributed by atoms with Crippen LogP contribution in [0, 0.1) is 6.92 Å². The minimum absolute atomic E-state index is 0.0335. The Kier molecular flexibility index (Phi) is 7.14. The molecule has 25 heavy (non-hydrogen) atoms. The highest BCUT2D eigenvalue weighted by atomic mass is 16.5. The van der Waals surface area contributed by atoms with Crippen molar-refractivity contribution >= 4 is 5.96 Å². The predicted octanol–water partition coefficient (Wildman–Crippen LogP) is 3.14. The zero-order valence-corrected chi connectivity index (χ0v) is 15.4. The lowest BCUT2D eigenvalue weighted by atomic mass is 10.1. The number of rotatable bonds is 7. The van der Waals surface area contributed by atoms with Gasteiger partial charge in [0.25, 0.3) is 0 Å². The molecule has 0 aliphatic heterocycles. The molecule has 0 fully saturated rings. The Balaban J connectivity index is 1.81. The van der Waals surface area contributed by atoms with E-state index >= 15 is 0 Å². The maximum absolute atomic E-state index is 5.94. The fraction of sp³-hybridized carbons (Fsp3) is 0.350. The van der Waals surface area contributed by atoms with Gasteiger partial charge in [-0.05, 0) is 31.5 Å². The summed E-state index contributed by atoms with van der Waals surface area (Å²) in [5.41, 5.74) is 2.47. The Bertz CT molecular complexity index is 701. The van der Waals surface area contributed by atoms with E-state index in [1.165, 1.54) is 11.1 Å². The van der Waals surface area contributed by atoms with Crippen LogP contribution in [0.3, 0.4) is 0 Å². The SMILES string of the molecule is CN=C(NCc1cccc(C)c1)NCC(C)Oc1ccccc1OC. The molecule has 2 aromatic carbocycles. The van der Waals surface area contributed by atoms with Gasteiger partial charge in [-0.1, -0.05) is 42.0 Å². The second kappa shape index (κ2) is 9.57. The summed E-state index contributed by atoms with van der Waals surface area (Å²) in [5.74, 6) is 2.22. The summed E-state index contributed by atoms with van der Waals surface area (Å²) >= 11 is 0. The average molecular weight is 341 g/mol. The van der Waals surface area contributed by atoms with Crippen LogP contribution in [0.1, 0.15) is 18.1 Å². The molecule has 5 nitrogen and oxygen atoms in total. The molecule has 0 bridgehead atoms. The van der Waals surface area contributed by atoms with E-state index in [2.05, 4.69) is 46.8 Å². The van der Waals surface area contributed by atoms with Gasteiger partial charge in [0.2, 0.25) is 0 Å². The predicted molar refractivity (Wildman–Crippen MR) is 102 cm³/mol. The molecule has 0 aliphatic rings. The summed E-state index contributed by atoms with van der Waals surface area (Å²) in [6.45, 7) is 5.45. The Morgan fingerprint density at radius 1 is 1.08 bits per heavy atom. The van der Waals surface area contributed by atoms with Gasteiger partial charge in [0.1, 0.15) is 6.10 Å². The van der Waals surface area contributed by atoms with Gasteiger partial charge in [-0.3, -0.25) is 4.99 Å². The zero-order chi connectivity index (χ0) is 18.1. The highest BCUT2D eigenvalue weighted by molar-refractivity contribution is 5.79. The third-order valence-electron chi connectivity index (χ3n) is 3.72. The molecule has 2 rings (SSSR count). The van der Waals surface area contributed by atoms with E-state index < -0.39 is 0 Å². The molecular weight excluding hydrogens is 314 g/mol. The summed E-state index contributed by atoms with van der Waals surface area (Å²) in [5, 5.41) is 6.60. The number of nitrogens with one attached hydrogen (secondary N) is 2. The Hall–Kier alpha value is -2.69. The molecule has 0 amide bonds. The van der Waals surface area contributed by atoms with Crippen LogP contribution in [0.25, 0.3) is 0 Å². The van der Waals surface area contributed by atoms with Gasteiger partial charge in [-0.2, -0.15) is 0 Å². The summed E-state index contributed by atoms with van der Waals surface area (Å²) in [7, 11) is 3.40. The second-order valence-corrected chi connectivity index (χ2v) is 5.88. The van der Waals surface area contributed by atoms with E-state index in [0.717, 1.165) is 24.0 Å². The molecule has 2 aromatic rings. The number of aliphatic imine (C=N–C) groups is 1. The molecule has 0 heterocycles. The number of guanidine groups is 1. The standard InChI is InChI=1S/C20H27N3O2/c1-15-8-7-9-17(12-15)14-23-20(21-3)22-13-16(2)25-19-11-6-5-10-18(19)24-4/h5-12,16H,13-14H2,1-4H3,(H2,21,22,23). The van der Waals surface area contributed by atoms with Crippen LogP contribution in [0.2, 0.25) is 0 Å². The molecule has 0 radical (unpaired) electrons. The monoisotopic (exact) mass is 341 g/mol. The van der Waals surface area contributed by atoms with E-state index in [9.17, 15) is 0 Å². The number of hydrogen-bond acceptors (Lipinski definition) is 3. The van der Waals surface area contributed by atoms with Crippen molar-refractivity contribution in [2.24, 2.45) is 4.99 Å². The van der Waals surface area contributed by atoms with Crippen molar-refractivity contribution < 1.29 is 9.47 Å². The summed E-state index contributed by atoms with van der Waals surface area (Å²) in [6, 6.07) is 16.1. The van der Waals surface area contributed by atoms with Crippen molar-refractivity contribution in [3.8, 4) is 11.5 Å². The van der Waals surface area contributed by atoms with Crippen LogP contribution in [-0.2, 0) is 6.54 Å². The minimum Gasteiger partial charge on any atom is -0.493 e. The van der Waals surface area contributed by atoms with Crippen molar-refractivity contribution in [2.45, 2.75) is 26.5 Å². The van der Waals surface area contributed by atoms with Gasteiger partial charge in [0.05, 0.1) is 13.7 Å². The quantitative estimate of drug-likeness (QED) is 0.600. The number of hydrogen-bond donors (Lipinski definition) is 2. The van der Waals surface area contributed by atoms with Crippen LogP contribution in [-0.4, -0.2) is 32.8 Å². The summed E-state index contributed by atoms with van der Waals surface area (Å²) in [4.78, 5) is 4.25. The maximum atomic E-state index is 5.94. The van der Waals surface area contributed by atoms with E-state index in [-0.39, 0.29) is 6.10 Å². The second-order valence-electron chi connectivity index (χ2n) is 5.88. The normalized spacial score (nSPS) is 12.4. The molecule has 2 N–H and O–H groups in total. The molecule has 134 valence electrons. The first-order valence-corrected chi connectivity index (χ1v) is 8.42. The van der Waals surface area contributed by atoms with Crippen molar-refractivity contribution in [1.29, 1.82) is 0 Å². The largest absolute Gasteiger partial charge is 0.493 e. The van der Waals surface area contributed by atoms with Crippen molar-refractivity contribution in [2.75, 3.05) is 20.7 Å². The fourth-order valence-corrected chi connectivity index (χ4v) is 2.44. The Morgan fingerprint density at radius 3 is 2.52 bits per heavy atom. The Labute approximate surface area is 150 Å². The molecule has 1 atom stereocenters. The van der Waals surface area contributed by atoms with Crippen molar-refractivity contribution in [3.63, 3.8) is 0 Å². The lowest BCUT2D eigenvalue weighted by molar-refractivity contribution is 0.213. The lowest BCUT2D eigenvalue weighted by Gasteiger charge is -2.19. The van der Waals surface area contributed by atoms with Crippen molar-refractivity contribution in [1.82, 2.24) is 10.6 Å². The molecule has 0 saturated carbocycles. The minimum atomic E-state index is -0.0335. The fourth-order valence-electron chi connectivity index (χ4n) is 2.44. The highest BCUT2D eigenvalue weighted by Crippen LogP contribution is 2.26. The molecule has 0 aromatic heterocycles. The van der Waals surface area contributed by atoms with E-state index in [0.29, 0.717) is 6.54 Å². The smallest absolute Gasteiger partial charge is 0.191 e. The zero-order valence-electron chi connectivity index (χ0n) is 15.4. The van der Waals surface area contributed by atoms with Gasteiger partial charge in [0.15, 0.2) is 17.5 Å². The number of para-hydroxylation sites is 2. The van der Waals surface area contributed by atoms with Crippen molar-refractivity contribution in [3.05, 3.63) is 59.7 Å². The van der Waals surface area contributed by atoms with E-state index in [4.69, 9.17) is 9.47 Å². The number of aryl methyl sites for hydroxylation is 1. The van der Waals surface area contributed by atoms with Gasteiger partial charge in [-0.25, -0.2) is 0 Å². The van der Waals surface area contributed by atoms with Crippen LogP contribution in [0.15, 0.2) is 53.5 Å². The highest BCUT2D eigenvalue weighted by Gasteiger charge is 2.09. The molecule has 1 unspecified atom stereocenters. The van der Waals surface area contributed by atoms with Gasteiger partial charge >= 0.3 is 0 Å². The molecule has 5 heteroatoms. The van der Waals surface area contributed by atoms with Crippen LogP contribution in [0.4, 0.5) is 0 Å². The first-order chi connectivity index (χ1) is 12.1. The average Bonchev–Trinajstić information content (AvgIpc) is 2.62. The molecule has 0 spiro atoms. The van der Waals surface area contributed by atoms with E-state index in [1.54, 1.807) is 14.2 Å². The number of benzene rings is 2.